The summed E-state index contributed by atoms with van der Waals surface area (Å²) in [5.41, 5.74) is 2.10. The first-order chi connectivity index (χ1) is 8.70. The van der Waals surface area contributed by atoms with Gasteiger partial charge in [-0.25, -0.2) is 4.79 Å². The highest BCUT2D eigenvalue weighted by atomic mass is 16.4. The van der Waals surface area contributed by atoms with E-state index in [1.54, 1.807) is 24.3 Å². The Morgan fingerprint density at radius 1 is 1.22 bits per heavy atom. The van der Waals surface area contributed by atoms with E-state index in [4.69, 9.17) is 14.8 Å². The van der Waals surface area contributed by atoms with Gasteiger partial charge in [-0.15, -0.1) is 0 Å². The molecule has 0 aliphatic carbocycles. The van der Waals surface area contributed by atoms with Crippen LogP contribution in [-0.2, 0) is 0 Å². The minimum absolute atomic E-state index is 0.194. The van der Waals surface area contributed by atoms with Crippen molar-refractivity contribution in [1.29, 1.82) is 5.26 Å². The van der Waals surface area contributed by atoms with E-state index in [2.05, 4.69) is 6.07 Å². The van der Waals surface area contributed by atoms with Gasteiger partial charge in [-0.2, -0.15) is 5.26 Å². The van der Waals surface area contributed by atoms with Gasteiger partial charge in [-0.05, 0) is 29.8 Å². The van der Waals surface area contributed by atoms with Crippen LogP contribution in [0.3, 0.4) is 0 Å². The monoisotopic (exact) mass is 239 g/mol. The number of hydrogen-bond acceptors (Lipinski definition) is 3. The Morgan fingerprint density at radius 3 is 2.39 bits per heavy atom. The van der Waals surface area contributed by atoms with E-state index in [1.165, 1.54) is 24.7 Å². The maximum absolute atomic E-state index is 10.7. The highest BCUT2D eigenvalue weighted by Gasteiger charge is 2.05. The second-order valence-corrected chi connectivity index (χ2v) is 3.61. The summed E-state index contributed by atoms with van der Waals surface area (Å²) in [7, 11) is 0. The van der Waals surface area contributed by atoms with Crippen LogP contribution in [0.1, 0.15) is 21.5 Å². The van der Waals surface area contributed by atoms with E-state index >= 15 is 0 Å². The van der Waals surface area contributed by atoms with Crippen LogP contribution in [0, 0.1) is 11.3 Å². The van der Waals surface area contributed by atoms with Crippen LogP contribution >= 0.6 is 0 Å². The van der Waals surface area contributed by atoms with Crippen molar-refractivity contribution < 1.29 is 14.3 Å². The molecule has 1 aromatic carbocycles. The van der Waals surface area contributed by atoms with Gasteiger partial charge in [-0.1, -0.05) is 12.1 Å². The highest BCUT2D eigenvalue weighted by Crippen LogP contribution is 2.18. The fraction of sp³-hybridized carbons (Fsp3) is 0. The summed E-state index contributed by atoms with van der Waals surface area (Å²) in [6, 6.07) is 9.98. The van der Waals surface area contributed by atoms with E-state index in [1.807, 2.05) is 0 Å². The SMILES string of the molecule is N#C/C(=C/c1ccoc1)c1ccc(C(=O)O)cc1. The van der Waals surface area contributed by atoms with Crippen molar-refractivity contribution in [3.05, 3.63) is 59.5 Å². The quantitative estimate of drug-likeness (QED) is 0.835. The Morgan fingerprint density at radius 2 is 1.89 bits per heavy atom. The van der Waals surface area contributed by atoms with Crippen molar-refractivity contribution in [2.75, 3.05) is 0 Å². The number of carboxylic acid groups (broad SMARTS) is 1. The summed E-state index contributed by atoms with van der Waals surface area (Å²) >= 11 is 0. The molecule has 1 aromatic heterocycles. The molecule has 0 radical (unpaired) electrons. The van der Waals surface area contributed by atoms with Gasteiger partial charge in [0.15, 0.2) is 0 Å². The molecule has 4 heteroatoms. The van der Waals surface area contributed by atoms with E-state index in [0.29, 0.717) is 11.1 Å². The minimum Gasteiger partial charge on any atom is -0.478 e. The lowest BCUT2D eigenvalue weighted by Gasteiger charge is -1.99. The van der Waals surface area contributed by atoms with Gasteiger partial charge in [0.1, 0.15) is 0 Å². The Hall–Kier alpha value is -2.80. The molecular formula is C14H9NO3. The number of nitriles is 1. The molecule has 2 rings (SSSR count). The van der Waals surface area contributed by atoms with Gasteiger partial charge in [0.05, 0.1) is 29.7 Å². The average Bonchev–Trinajstić information content (AvgIpc) is 2.89. The number of rotatable bonds is 3. The molecule has 0 aliphatic rings. The molecule has 0 fully saturated rings. The number of allylic oxidation sites excluding steroid dienone is 1. The number of aromatic carboxylic acids is 1. The third-order valence-electron chi connectivity index (χ3n) is 2.42. The van der Waals surface area contributed by atoms with E-state index in [0.717, 1.165) is 5.56 Å². The van der Waals surface area contributed by atoms with Gasteiger partial charge in [0, 0.05) is 5.56 Å². The molecule has 0 saturated carbocycles. The zero-order chi connectivity index (χ0) is 13.0. The van der Waals surface area contributed by atoms with Crippen LogP contribution < -0.4 is 0 Å². The molecule has 4 nitrogen and oxygen atoms in total. The number of nitrogens with zero attached hydrogens (tertiary/aromatic N) is 1. The summed E-state index contributed by atoms with van der Waals surface area (Å²) in [6.45, 7) is 0. The largest absolute Gasteiger partial charge is 0.478 e. The van der Waals surface area contributed by atoms with Crippen molar-refractivity contribution in [3.8, 4) is 6.07 Å². The van der Waals surface area contributed by atoms with Crippen LogP contribution in [0.4, 0.5) is 0 Å². The highest BCUT2D eigenvalue weighted by molar-refractivity contribution is 5.91. The molecule has 0 spiro atoms. The molecule has 1 heterocycles. The summed E-state index contributed by atoms with van der Waals surface area (Å²) in [6.07, 6.45) is 4.73. The van der Waals surface area contributed by atoms with Crippen molar-refractivity contribution in [1.82, 2.24) is 0 Å². The van der Waals surface area contributed by atoms with Gasteiger partial charge in [0.25, 0.3) is 0 Å². The first-order valence-corrected chi connectivity index (χ1v) is 5.18. The molecule has 0 saturated heterocycles. The predicted octanol–water partition coefficient (Wildman–Crippen LogP) is 3.04. The second-order valence-electron chi connectivity index (χ2n) is 3.61. The maximum Gasteiger partial charge on any atom is 0.335 e. The van der Waals surface area contributed by atoms with Crippen LogP contribution in [-0.4, -0.2) is 11.1 Å². The fourth-order valence-corrected chi connectivity index (χ4v) is 1.50. The molecule has 1 N–H and O–H groups in total. The van der Waals surface area contributed by atoms with E-state index in [9.17, 15) is 4.79 Å². The van der Waals surface area contributed by atoms with Crippen LogP contribution in [0.5, 0.6) is 0 Å². The normalized spacial score (nSPS) is 10.9. The Bertz CT molecular complexity index is 616. The molecule has 0 aliphatic heterocycles. The minimum atomic E-state index is -0.987. The summed E-state index contributed by atoms with van der Waals surface area (Å²) in [4.78, 5) is 10.7. The lowest BCUT2D eigenvalue weighted by molar-refractivity contribution is 0.0697. The Kier molecular flexibility index (Phi) is 3.26. The first-order valence-electron chi connectivity index (χ1n) is 5.18. The van der Waals surface area contributed by atoms with Gasteiger partial charge in [-0.3, -0.25) is 0 Å². The summed E-state index contributed by atoms with van der Waals surface area (Å²) in [5.74, 6) is -0.987. The molecule has 0 amide bonds. The van der Waals surface area contributed by atoms with Crippen LogP contribution in [0.2, 0.25) is 0 Å². The van der Waals surface area contributed by atoms with E-state index < -0.39 is 5.97 Å². The van der Waals surface area contributed by atoms with Gasteiger partial charge in [0.2, 0.25) is 0 Å². The standard InChI is InChI=1S/C14H9NO3/c15-8-13(7-10-5-6-18-9-10)11-1-3-12(4-2-11)14(16)17/h1-7,9H,(H,16,17)/b13-7-. The molecular weight excluding hydrogens is 230 g/mol. The third kappa shape index (κ3) is 2.47. The molecule has 18 heavy (non-hydrogen) atoms. The van der Waals surface area contributed by atoms with Gasteiger partial charge >= 0.3 is 5.97 Å². The zero-order valence-electron chi connectivity index (χ0n) is 9.33. The number of hydrogen-bond donors (Lipinski definition) is 1. The number of furan rings is 1. The molecule has 0 atom stereocenters. The third-order valence-corrected chi connectivity index (χ3v) is 2.42. The topological polar surface area (TPSA) is 74.2 Å². The average molecular weight is 239 g/mol. The van der Waals surface area contributed by atoms with Crippen molar-refractivity contribution in [3.63, 3.8) is 0 Å². The van der Waals surface area contributed by atoms with Crippen molar-refractivity contribution in [2.45, 2.75) is 0 Å². The zero-order valence-corrected chi connectivity index (χ0v) is 9.33. The lowest BCUT2D eigenvalue weighted by atomic mass is 10.0. The molecule has 88 valence electrons. The van der Waals surface area contributed by atoms with Crippen molar-refractivity contribution in [2.24, 2.45) is 0 Å². The molecule has 0 unspecified atom stereocenters. The lowest BCUT2D eigenvalue weighted by Crippen LogP contribution is -1.95. The molecule has 0 bridgehead atoms. The van der Waals surface area contributed by atoms with Gasteiger partial charge < -0.3 is 9.52 Å². The predicted molar refractivity (Wildman–Crippen MR) is 65.6 cm³/mol. The maximum atomic E-state index is 10.7. The Balaban J connectivity index is 2.35. The number of benzene rings is 1. The summed E-state index contributed by atoms with van der Waals surface area (Å²) in [5, 5.41) is 17.9. The first kappa shape index (κ1) is 11.7. The number of carboxylic acids is 1. The smallest absolute Gasteiger partial charge is 0.335 e. The Labute approximate surface area is 103 Å². The molecule has 2 aromatic rings. The van der Waals surface area contributed by atoms with Crippen molar-refractivity contribution >= 4 is 17.6 Å². The van der Waals surface area contributed by atoms with Crippen LogP contribution in [0.15, 0.2) is 47.3 Å². The number of carbonyl (C=O) groups is 1. The van der Waals surface area contributed by atoms with E-state index in [-0.39, 0.29) is 5.56 Å². The van der Waals surface area contributed by atoms with Crippen LogP contribution in [0.25, 0.3) is 11.6 Å². The fourth-order valence-electron chi connectivity index (χ4n) is 1.50. The summed E-state index contributed by atoms with van der Waals surface area (Å²) < 4.78 is 4.91. The second kappa shape index (κ2) is 5.02.